The number of hydrogen-bond acceptors (Lipinski definition) is 3. The van der Waals surface area contributed by atoms with Crippen molar-refractivity contribution in [2.24, 2.45) is 5.73 Å². The van der Waals surface area contributed by atoms with Crippen LogP contribution in [0.15, 0.2) is 54.6 Å². The van der Waals surface area contributed by atoms with Gasteiger partial charge in [0.25, 0.3) is 0 Å². The Labute approximate surface area is 113 Å². The molecule has 0 radical (unpaired) electrons. The van der Waals surface area contributed by atoms with E-state index in [1.54, 1.807) is 36.4 Å². The van der Waals surface area contributed by atoms with Crippen molar-refractivity contribution in [2.45, 2.75) is 6.42 Å². The van der Waals surface area contributed by atoms with Gasteiger partial charge in [-0.2, -0.15) is 0 Å². The van der Waals surface area contributed by atoms with Crippen molar-refractivity contribution in [2.75, 3.05) is 6.54 Å². The molecule has 0 aliphatic rings. The molecular weight excluding hydrogens is 250 g/mol. The normalized spacial score (nSPS) is 8.72. The molecule has 0 heterocycles. The van der Waals surface area contributed by atoms with Crippen molar-refractivity contribution in [3.8, 4) is 11.5 Å². The zero-order valence-electron chi connectivity index (χ0n) is 9.99. The zero-order valence-corrected chi connectivity index (χ0v) is 10.8. The predicted molar refractivity (Wildman–Crippen MR) is 76.2 cm³/mol. The third-order valence-corrected chi connectivity index (χ3v) is 2.10. The number of halogens is 1. The molecule has 3 nitrogen and oxygen atoms in total. The van der Waals surface area contributed by atoms with Crippen LogP contribution in [0, 0.1) is 0 Å². The average molecular weight is 268 g/mol. The van der Waals surface area contributed by atoms with Crippen LogP contribution in [0.4, 0.5) is 0 Å². The summed E-state index contributed by atoms with van der Waals surface area (Å²) in [4.78, 5) is 0. The van der Waals surface area contributed by atoms with E-state index in [-0.39, 0.29) is 12.4 Å². The fourth-order valence-electron chi connectivity index (χ4n) is 1.31. The molecular formula is C14H18ClNO2. The minimum atomic E-state index is 0. The maximum atomic E-state index is 9.00. The SMILES string of the molecule is Cl.NCCc1cccc(O)c1.Oc1ccccc1. The van der Waals surface area contributed by atoms with E-state index < -0.39 is 0 Å². The summed E-state index contributed by atoms with van der Waals surface area (Å²) >= 11 is 0. The molecule has 0 spiro atoms. The Morgan fingerprint density at radius 3 is 1.89 bits per heavy atom. The first kappa shape index (κ1) is 16.3. The molecule has 0 amide bonds. The molecule has 0 saturated heterocycles. The second kappa shape index (κ2) is 9.33. The van der Waals surface area contributed by atoms with Gasteiger partial charge < -0.3 is 15.9 Å². The summed E-state index contributed by atoms with van der Waals surface area (Å²) in [5.74, 6) is 0.633. The summed E-state index contributed by atoms with van der Waals surface area (Å²) in [6.07, 6.45) is 0.828. The van der Waals surface area contributed by atoms with Crippen LogP contribution < -0.4 is 5.73 Å². The number of phenols is 2. The molecule has 2 rings (SSSR count). The molecule has 0 fully saturated rings. The second-order valence-corrected chi connectivity index (χ2v) is 3.54. The fourth-order valence-corrected chi connectivity index (χ4v) is 1.31. The number of rotatable bonds is 2. The number of nitrogens with two attached hydrogens (primary N) is 1. The van der Waals surface area contributed by atoms with E-state index >= 15 is 0 Å². The van der Waals surface area contributed by atoms with E-state index in [1.165, 1.54) is 0 Å². The number of phenolic OH excluding ortho intramolecular Hbond substituents is 2. The maximum absolute atomic E-state index is 9.00. The molecule has 0 aliphatic heterocycles. The highest BCUT2D eigenvalue weighted by molar-refractivity contribution is 5.85. The van der Waals surface area contributed by atoms with E-state index in [2.05, 4.69) is 0 Å². The Morgan fingerprint density at radius 1 is 0.833 bits per heavy atom. The third kappa shape index (κ3) is 6.78. The van der Waals surface area contributed by atoms with Crippen molar-refractivity contribution in [1.82, 2.24) is 0 Å². The molecule has 0 aliphatic carbocycles. The summed E-state index contributed by atoms with van der Waals surface area (Å²) in [5, 5.41) is 17.6. The molecule has 4 N–H and O–H groups in total. The minimum absolute atomic E-state index is 0. The van der Waals surface area contributed by atoms with E-state index in [0.717, 1.165) is 12.0 Å². The highest BCUT2D eigenvalue weighted by Crippen LogP contribution is 2.10. The molecule has 2 aromatic carbocycles. The van der Waals surface area contributed by atoms with Crippen molar-refractivity contribution in [3.63, 3.8) is 0 Å². The Bertz CT molecular complexity index is 435. The van der Waals surface area contributed by atoms with Gasteiger partial charge in [-0.05, 0) is 42.8 Å². The molecule has 0 atom stereocenters. The molecule has 18 heavy (non-hydrogen) atoms. The summed E-state index contributed by atoms with van der Waals surface area (Å²) in [5.41, 5.74) is 6.41. The monoisotopic (exact) mass is 267 g/mol. The van der Waals surface area contributed by atoms with Crippen molar-refractivity contribution in [1.29, 1.82) is 0 Å². The summed E-state index contributed by atoms with van der Waals surface area (Å²) in [7, 11) is 0. The van der Waals surface area contributed by atoms with E-state index in [4.69, 9.17) is 15.9 Å². The van der Waals surface area contributed by atoms with Gasteiger partial charge in [-0.25, -0.2) is 0 Å². The lowest BCUT2D eigenvalue weighted by Crippen LogP contribution is -2.01. The van der Waals surface area contributed by atoms with Crippen LogP contribution in [-0.2, 0) is 6.42 Å². The zero-order chi connectivity index (χ0) is 12.5. The molecule has 2 aromatic rings. The van der Waals surface area contributed by atoms with E-state index in [9.17, 15) is 0 Å². The average Bonchev–Trinajstić information content (AvgIpc) is 2.31. The van der Waals surface area contributed by atoms with E-state index in [1.807, 2.05) is 18.2 Å². The van der Waals surface area contributed by atoms with Gasteiger partial charge in [0.05, 0.1) is 0 Å². The van der Waals surface area contributed by atoms with Gasteiger partial charge in [-0.1, -0.05) is 30.3 Å². The number of aromatic hydroxyl groups is 2. The Morgan fingerprint density at radius 2 is 1.44 bits per heavy atom. The molecule has 98 valence electrons. The first-order valence-corrected chi connectivity index (χ1v) is 5.44. The van der Waals surface area contributed by atoms with Gasteiger partial charge in [0.15, 0.2) is 0 Å². The topological polar surface area (TPSA) is 66.5 Å². The Kier molecular flexibility index (Phi) is 8.45. The lowest BCUT2D eigenvalue weighted by atomic mass is 10.1. The molecule has 4 heteroatoms. The van der Waals surface area contributed by atoms with Crippen molar-refractivity contribution < 1.29 is 10.2 Å². The summed E-state index contributed by atoms with van der Waals surface area (Å²) < 4.78 is 0. The highest BCUT2D eigenvalue weighted by Gasteiger charge is 1.90. The minimum Gasteiger partial charge on any atom is -0.508 e. The molecule has 0 bridgehead atoms. The van der Waals surface area contributed by atoms with Crippen LogP contribution in [-0.4, -0.2) is 16.8 Å². The van der Waals surface area contributed by atoms with Crippen LogP contribution in [0.3, 0.4) is 0 Å². The Hall–Kier alpha value is -1.71. The van der Waals surface area contributed by atoms with Crippen LogP contribution in [0.25, 0.3) is 0 Å². The predicted octanol–water partition coefficient (Wildman–Crippen LogP) is 2.71. The van der Waals surface area contributed by atoms with Gasteiger partial charge in [-0.3, -0.25) is 0 Å². The van der Waals surface area contributed by atoms with Crippen LogP contribution in [0.2, 0.25) is 0 Å². The molecule has 0 unspecified atom stereocenters. The smallest absolute Gasteiger partial charge is 0.115 e. The number of para-hydroxylation sites is 1. The summed E-state index contributed by atoms with van der Waals surface area (Å²) in [6.45, 7) is 0.628. The largest absolute Gasteiger partial charge is 0.508 e. The standard InChI is InChI=1S/C8H11NO.C6H6O.ClH/c9-5-4-7-2-1-3-8(10)6-7;7-6-4-2-1-3-5-6;/h1-3,6,10H,4-5,9H2;1-5,7H;1H. The lowest BCUT2D eigenvalue weighted by Gasteiger charge is -1.97. The number of hydrogen-bond donors (Lipinski definition) is 3. The molecule has 0 saturated carbocycles. The summed E-state index contributed by atoms with van der Waals surface area (Å²) in [6, 6.07) is 15.9. The Balaban J connectivity index is 0.000000321. The highest BCUT2D eigenvalue weighted by atomic mass is 35.5. The van der Waals surface area contributed by atoms with Crippen molar-refractivity contribution in [3.05, 3.63) is 60.2 Å². The van der Waals surface area contributed by atoms with Gasteiger partial charge in [0, 0.05) is 0 Å². The van der Waals surface area contributed by atoms with E-state index in [0.29, 0.717) is 18.0 Å². The van der Waals surface area contributed by atoms with Crippen molar-refractivity contribution >= 4 is 12.4 Å². The second-order valence-electron chi connectivity index (χ2n) is 3.54. The fraction of sp³-hybridized carbons (Fsp3) is 0.143. The maximum Gasteiger partial charge on any atom is 0.115 e. The van der Waals surface area contributed by atoms with Gasteiger partial charge in [0.2, 0.25) is 0 Å². The third-order valence-electron chi connectivity index (χ3n) is 2.10. The van der Waals surface area contributed by atoms with Crippen LogP contribution >= 0.6 is 12.4 Å². The number of benzene rings is 2. The first-order chi connectivity index (χ1) is 8.22. The quantitative estimate of drug-likeness (QED) is 0.784. The first-order valence-electron chi connectivity index (χ1n) is 5.44. The molecule has 0 aromatic heterocycles. The van der Waals surface area contributed by atoms with Gasteiger partial charge >= 0.3 is 0 Å². The van der Waals surface area contributed by atoms with Gasteiger partial charge in [-0.15, -0.1) is 12.4 Å². The van der Waals surface area contributed by atoms with Crippen LogP contribution in [0.1, 0.15) is 5.56 Å². The van der Waals surface area contributed by atoms with Gasteiger partial charge in [0.1, 0.15) is 11.5 Å². The van der Waals surface area contributed by atoms with Crippen LogP contribution in [0.5, 0.6) is 11.5 Å². The lowest BCUT2D eigenvalue weighted by molar-refractivity contribution is 0.474.